The van der Waals surface area contributed by atoms with Gasteiger partial charge in [0.1, 0.15) is 6.33 Å². The molecule has 5 heteroatoms. The second kappa shape index (κ2) is 17.0. The quantitative estimate of drug-likeness (QED) is 0.649. The van der Waals surface area contributed by atoms with E-state index in [1.807, 2.05) is 13.8 Å². The van der Waals surface area contributed by atoms with Crippen LogP contribution in [0.5, 0.6) is 0 Å². The van der Waals surface area contributed by atoms with E-state index in [0.29, 0.717) is 6.54 Å². The van der Waals surface area contributed by atoms with E-state index in [-0.39, 0.29) is 13.5 Å². The van der Waals surface area contributed by atoms with E-state index in [9.17, 15) is 4.79 Å². The van der Waals surface area contributed by atoms with Crippen molar-refractivity contribution in [2.24, 2.45) is 0 Å². The minimum atomic E-state index is -0.101. The molecule has 1 rings (SSSR count). The predicted molar refractivity (Wildman–Crippen MR) is 100.0 cm³/mol. The Balaban J connectivity index is 0. The molecule has 0 atom stereocenters. The number of hydrogen-bond donors (Lipinski definition) is 1. The number of unbranched alkanes of at least 4 members (excludes halogenated alkanes) is 2. The molecule has 1 aromatic heterocycles. The predicted octanol–water partition coefficient (Wildman–Crippen LogP) is 4.40. The third-order valence-corrected chi connectivity index (χ3v) is 3.32. The topological polar surface area (TPSA) is 50.2 Å². The number of amides is 1. The lowest BCUT2D eigenvalue weighted by atomic mass is 10.2. The molecule has 5 nitrogen and oxygen atoms in total. The number of aromatic nitrogens is 2. The second-order valence-electron chi connectivity index (χ2n) is 5.10. The van der Waals surface area contributed by atoms with Crippen LogP contribution in [0.3, 0.4) is 0 Å². The van der Waals surface area contributed by atoms with Crippen LogP contribution < -0.4 is 5.32 Å². The Labute approximate surface area is 143 Å². The first kappa shape index (κ1) is 23.9. The third-order valence-electron chi connectivity index (χ3n) is 3.32. The highest BCUT2D eigenvalue weighted by Gasteiger charge is 2.05. The second-order valence-corrected chi connectivity index (χ2v) is 5.10. The number of rotatable bonds is 10. The SMILES string of the molecule is C.CC.CCCCN(CCCC)CCCNC(=O)n1ccnc1. The van der Waals surface area contributed by atoms with Gasteiger partial charge in [0, 0.05) is 18.9 Å². The van der Waals surface area contributed by atoms with Crippen molar-refractivity contribution >= 4 is 6.03 Å². The van der Waals surface area contributed by atoms with Crippen molar-refractivity contribution < 1.29 is 4.79 Å². The first-order chi connectivity index (χ1) is 10.8. The Kier molecular flexibility index (Phi) is 17.7. The van der Waals surface area contributed by atoms with Crippen molar-refractivity contribution in [2.75, 3.05) is 26.2 Å². The lowest BCUT2D eigenvalue weighted by Gasteiger charge is -2.21. The molecule has 0 aliphatic rings. The summed E-state index contributed by atoms with van der Waals surface area (Å²) >= 11 is 0. The van der Waals surface area contributed by atoms with Crippen LogP contribution in [0, 0.1) is 0 Å². The highest BCUT2D eigenvalue weighted by atomic mass is 16.2. The van der Waals surface area contributed by atoms with Crippen molar-refractivity contribution in [1.29, 1.82) is 0 Å². The first-order valence-electron chi connectivity index (χ1n) is 8.76. The van der Waals surface area contributed by atoms with Crippen LogP contribution in [0.4, 0.5) is 4.79 Å². The van der Waals surface area contributed by atoms with Gasteiger partial charge < -0.3 is 10.2 Å². The minimum absolute atomic E-state index is 0. The number of nitrogens with one attached hydrogen (secondary N) is 1. The molecule has 1 aromatic rings. The van der Waals surface area contributed by atoms with Gasteiger partial charge >= 0.3 is 6.03 Å². The number of carbonyl (C=O) groups excluding carboxylic acids is 1. The number of hydrogen-bond acceptors (Lipinski definition) is 3. The molecule has 1 N–H and O–H groups in total. The molecule has 0 spiro atoms. The van der Waals surface area contributed by atoms with E-state index >= 15 is 0 Å². The number of nitrogens with zero attached hydrogens (tertiary/aromatic N) is 3. The Hall–Kier alpha value is -1.36. The summed E-state index contributed by atoms with van der Waals surface area (Å²) in [6, 6.07) is -0.101. The van der Waals surface area contributed by atoms with Crippen molar-refractivity contribution in [1.82, 2.24) is 19.8 Å². The fourth-order valence-corrected chi connectivity index (χ4v) is 2.07. The number of imidazole rings is 1. The molecule has 0 saturated heterocycles. The summed E-state index contributed by atoms with van der Waals surface area (Å²) in [6.07, 6.45) is 10.8. The summed E-state index contributed by atoms with van der Waals surface area (Å²) in [5, 5.41) is 2.91. The smallest absolute Gasteiger partial charge is 0.326 e. The maximum atomic E-state index is 11.7. The van der Waals surface area contributed by atoms with Crippen LogP contribution in [-0.2, 0) is 0 Å². The fraction of sp³-hybridized carbons (Fsp3) is 0.778. The highest BCUT2D eigenvalue weighted by Crippen LogP contribution is 2.00. The van der Waals surface area contributed by atoms with E-state index < -0.39 is 0 Å². The average molecular weight is 327 g/mol. The zero-order chi connectivity index (χ0) is 16.6. The van der Waals surface area contributed by atoms with Crippen LogP contribution in [-0.4, -0.2) is 46.7 Å². The maximum Gasteiger partial charge on any atom is 0.326 e. The van der Waals surface area contributed by atoms with Crippen LogP contribution in [0.25, 0.3) is 0 Å². The molecule has 0 aromatic carbocycles. The molecule has 136 valence electrons. The summed E-state index contributed by atoms with van der Waals surface area (Å²) in [5.74, 6) is 0. The van der Waals surface area contributed by atoms with E-state index in [1.54, 1.807) is 12.4 Å². The van der Waals surface area contributed by atoms with Crippen molar-refractivity contribution in [3.8, 4) is 0 Å². The van der Waals surface area contributed by atoms with Crippen LogP contribution in [0.1, 0.15) is 67.2 Å². The summed E-state index contributed by atoms with van der Waals surface area (Å²) in [4.78, 5) is 18.1. The van der Waals surface area contributed by atoms with Gasteiger partial charge in [0.2, 0.25) is 0 Å². The number of carbonyl (C=O) groups is 1. The molecule has 0 radical (unpaired) electrons. The zero-order valence-corrected chi connectivity index (χ0v) is 14.8. The molecule has 0 saturated carbocycles. The van der Waals surface area contributed by atoms with Gasteiger partial charge in [-0.25, -0.2) is 9.78 Å². The Morgan fingerprint density at radius 3 is 2.13 bits per heavy atom. The first-order valence-corrected chi connectivity index (χ1v) is 8.76. The Bertz CT molecular complexity index is 344. The summed E-state index contributed by atoms with van der Waals surface area (Å²) in [7, 11) is 0. The van der Waals surface area contributed by atoms with Crippen molar-refractivity contribution in [3.63, 3.8) is 0 Å². The minimum Gasteiger partial charge on any atom is -0.337 e. The molecule has 0 unspecified atom stereocenters. The molecule has 0 aliphatic heterocycles. The summed E-state index contributed by atoms with van der Waals surface area (Å²) < 4.78 is 1.46. The fourth-order valence-electron chi connectivity index (χ4n) is 2.07. The molecular weight excluding hydrogens is 288 g/mol. The summed E-state index contributed by atoms with van der Waals surface area (Å²) in [6.45, 7) is 12.6. The Morgan fingerprint density at radius 2 is 1.65 bits per heavy atom. The van der Waals surface area contributed by atoms with E-state index in [4.69, 9.17) is 0 Å². The van der Waals surface area contributed by atoms with Gasteiger partial charge in [0.25, 0.3) is 0 Å². The van der Waals surface area contributed by atoms with Gasteiger partial charge in [0.15, 0.2) is 0 Å². The van der Waals surface area contributed by atoms with E-state index in [2.05, 4.69) is 29.0 Å². The molecular formula is C18H38N4O. The molecule has 1 amide bonds. The van der Waals surface area contributed by atoms with Gasteiger partial charge in [-0.1, -0.05) is 48.0 Å². The van der Waals surface area contributed by atoms with E-state index in [1.165, 1.54) is 49.7 Å². The van der Waals surface area contributed by atoms with E-state index in [0.717, 1.165) is 13.0 Å². The summed E-state index contributed by atoms with van der Waals surface area (Å²) in [5.41, 5.74) is 0. The molecule has 0 bridgehead atoms. The lowest BCUT2D eigenvalue weighted by molar-refractivity contribution is 0.238. The largest absolute Gasteiger partial charge is 0.337 e. The maximum absolute atomic E-state index is 11.7. The van der Waals surface area contributed by atoms with Crippen LogP contribution in [0.15, 0.2) is 18.7 Å². The lowest BCUT2D eigenvalue weighted by Crippen LogP contribution is -2.32. The van der Waals surface area contributed by atoms with Crippen LogP contribution >= 0.6 is 0 Å². The van der Waals surface area contributed by atoms with Gasteiger partial charge in [-0.2, -0.15) is 0 Å². The molecule has 1 heterocycles. The normalized spacial score (nSPS) is 9.78. The zero-order valence-electron chi connectivity index (χ0n) is 14.8. The molecule has 0 aliphatic carbocycles. The highest BCUT2D eigenvalue weighted by molar-refractivity contribution is 5.76. The standard InChI is InChI=1S/C15H28N4O.C2H6.CH4/c1-3-5-10-18(11-6-4-2)12-7-8-17-15(20)19-13-9-16-14-19;1-2;/h9,13-14H,3-8,10-12H2,1-2H3,(H,17,20);1-2H3;1H4. The molecule has 23 heavy (non-hydrogen) atoms. The van der Waals surface area contributed by atoms with Crippen LogP contribution in [0.2, 0.25) is 0 Å². The average Bonchev–Trinajstić information content (AvgIpc) is 3.09. The van der Waals surface area contributed by atoms with Gasteiger partial charge in [-0.15, -0.1) is 0 Å². The van der Waals surface area contributed by atoms with Gasteiger partial charge in [0.05, 0.1) is 0 Å². The molecule has 0 fully saturated rings. The van der Waals surface area contributed by atoms with Crippen molar-refractivity contribution in [3.05, 3.63) is 18.7 Å². The monoisotopic (exact) mass is 326 g/mol. The van der Waals surface area contributed by atoms with Gasteiger partial charge in [-0.05, 0) is 38.9 Å². The van der Waals surface area contributed by atoms with Crippen molar-refractivity contribution in [2.45, 2.75) is 67.2 Å². The Morgan fingerprint density at radius 1 is 1.09 bits per heavy atom. The third kappa shape index (κ3) is 11.8. The van der Waals surface area contributed by atoms with Gasteiger partial charge in [-0.3, -0.25) is 4.57 Å².